The first-order valence-electron chi connectivity index (χ1n) is 4.25. The molecule has 2 nitrogen and oxygen atoms in total. The highest BCUT2D eigenvalue weighted by Crippen LogP contribution is 2.31. The molecule has 0 aliphatic carbocycles. The largest absolute Gasteiger partial charge is 0.508 e. The monoisotopic (exact) mass is 199 g/mol. The molecule has 0 amide bonds. The van der Waals surface area contributed by atoms with Gasteiger partial charge in [-0.25, -0.2) is 0 Å². The Morgan fingerprint density at radius 1 is 1.54 bits per heavy atom. The summed E-state index contributed by atoms with van der Waals surface area (Å²) in [7, 11) is 0. The van der Waals surface area contributed by atoms with Crippen LogP contribution in [0.15, 0.2) is 18.2 Å². The van der Waals surface area contributed by atoms with Crippen molar-refractivity contribution in [1.82, 2.24) is 0 Å². The maximum Gasteiger partial charge on any atom is 0.120 e. The zero-order valence-corrected chi connectivity index (χ0v) is 8.60. The molecule has 0 unspecified atom stereocenters. The Hall–Kier alpha value is -0.730. The SMILES string of the molecule is CC[C@@](C)(N)c1cc(Cl)ccc1O. The normalized spacial score (nSPS) is 15.4. The van der Waals surface area contributed by atoms with E-state index in [-0.39, 0.29) is 5.75 Å². The Bertz CT molecular complexity index is 310. The summed E-state index contributed by atoms with van der Waals surface area (Å²) < 4.78 is 0. The number of rotatable bonds is 2. The van der Waals surface area contributed by atoms with Gasteiger partial charge in [-0.15, -0.1) is 0 Å². The molecule has 0 heterocycles. The molecule has 1 rings (SSSR count). The van der Waals surface area contributed by atoms with Crippen LogP contribution >= 0.6 is 11.6 Å². The van der Waals surface area contributed by atoms with Gasteiger partial charge in [0, 0.05) is 16.1 Å². The summed E-state index contributed by atoms with van der Waals surface area (Å²) in [6, 6.07) is 4.92. The second-order valence-electron chi connectivity index (χ2n) is 3.43. The van der Waals surface area contributed by atoms with E-state index in [0.29, 0.717) is 10.6 Å². The lowest BCUT2D eigenvalue weighted by Crippen LogP contribution is -2.31. The van der Waals surface area contributed by atoms with Gasteiger partial charge in [0.15, 0.2) is 0 Å². The molecule has 1 atom stereocenters. The third kappa shape index (κ3) is 2.14. The van der Waals surface area contributed by atoms with Crippen molar-refractivity contribution >= 4 is 11.6 Å². The van der Waals surface area contributed by atoms with E-state index in [4.69, 9.17) is 17.3 Å². The fourth-order valence-corrected chi connectivity index (χ4v) is 1.33. The number of benzene rings is 1. The van der Waals surface area contributed by atoms with Crippen molar-refractivity contribution in [3.63, 3.8) is 0 Å². The zero-order chi connectivity index (χ0) is 10.1. The Balaban J connectivity index is 3.20. The maximum atomic E-state index is 9.56. The molecule has 0 fully saturated rings. The van der Waals surface area contributed by atoms with Crippen LogP contribution in [0.2, 0.25) is 5.02 Å². The van der Waals surface area contributed by atoms with Crippen molar-refractivity contribution in [2.75, 3.05) is 0 Å². The molecule has 0 aliphatic heterocycles. The molecule has 0 saturated heterocycles. The van der Waals surface area contributed by atoms with Gasteiger partial charge < -0.3 is 10.8 Å². The molecule has 13 heavy (non-hydrogen) atoms. The van der Waals surface area contributed by atoms with Crippen LogP contribution in [0, 0.1) is 0 Å². The van der Waals surface area contributed by atoms with Crippen molar-refractivity contribution in [2.24, 2.45) is 5.73 Å². The molecule has 0 aliphatic rings. The van der Waals surface area contributed by atoms with E-state index in [1.165, 1.54) is 0 Å². The van der Waals surface area contributed by atoms with E-state index in [2.05, 4.69) is 0 Å². The molecule has 1 aromatic rings. The minimum Gasteiger partial charge on any atom is -0.508 e. The quantitative estimate of drug-likeness (QED) is 0.769. The fraction of sp³-hybridized carbons (Fsp3) is 0.400. The molecule has 3 heteroatoms. The number of aromatic hydroxyl groups is 1. The third-order valence-corrected chi connectivity index (χ3v) is 2.54. The van der Waals surface area contributed by atoms with E-state index < -0.39 is 5.54 Å². The summed E-state index contributed by atoms with van der Waals surface area (Å²) in [5, 5.41) is 10.2. The summed E-state index contributed by atoms with van der Waals surface area (Å²) in [6.45, 7) is 3.85. The molecule has 0 aromatic heterocycles. The van der Waals surface area contributed by atoms with Gasteiger partial charge in [-0.2, -0.15) is 0 Å². The van der Waals surface area contributed by atoms with Crippen molar-refractivity contribution in [3.05, 3.63) is 28.8 Å². The topological polar surface area (TPSA) is 46.2 Å². The number of phenolic OH excluding ortho intramolecular Hbond substituents is 1. The summed E-state index contributed by atoms with van der Waals surface area (Å²) in [6.07, 6.45) is 0.751. The van der Waals surface area contributed by atoms with Gasteiger partial charge in [-0.3, -0.25) is 0 Å². The van der Waals surface area contributed by atoms with Gasteiger partial charge in [0.25, 0.3) is 0 Å². The number of nitrogens with two attached hydrogens (primary N) is 1. The number of hydrogen-bond acceptors (Lipinski definition) is 2. The van der Waals surface area contributed by atoms with Crippen LogP contribution in [0.5, 0.6) is 5.75 Å². The van der Waals surface area contributed by atoms with Crippen LogP contribution < -0.4 is 5.73 Å². The van der Waals surface area contributed by atoms with E-state index in [1.54, 1.807) is 18.2 Å². The summed E-state index contributed by atoms with van der Waals surface area (Å²) in [4.78, 5) is 0. The third-order valence-electron chi connectivity index (χ3n) is 2.31. The molecule has 0 bridgehead atoms. The molecular weight excluding hydrogens is 186 g/mol. The Kier molecular flexibility index (Phi) is 2.84. The molecule has 0 saturated carbocycles. The van der Waals surface area contributed by atoms with Crippen LogP contribution in [0.4, 0.5) is 0 Å². The number of phenols is 1. The van der Waals surface area contributed by atoms with E-state index in [0.717, 1.165) is 6.42 Å². The van der Waals surface area contributed by atoms with E-state index >= 15 is 0 Å². The fourth-order valence-electron chi connectivity index (χ4n) is 1.16. The zero-order valence-electron chi connectivity index (χ0n) is 7.84. The van der Waals surface area contributed by atoms with Crippen LogP contribution in [-0.2, 0) is 5.54 Å². The Morgan fingerprint density at radius 2 is 2.15 bits per heavy atom. The first kappa shape index (κ1) is 10.4. The second kappa shape index (κ2) is 3.56. The summed E-state index contributed by atoms with van der Waals surface area (Å²) in [5.74, 6) is 0.205. The van der Waals surface area contributed by atoms with E-state index in [1.807, 2.05) is 13.8 Å². The van der Waals surface area contributed by atoms with E-state index in [9.17, 15) is 5.11 Å². The summed E-state index contributed by atoms with van der Waals surface area (Å²) in [5.41, 5.74) is 6.17. The van der Waals surface area contributed by atoms with Gasteiger partial charge in [-0.1, -0.05) is 18.5 Å². The lowest BCUT2D eigenvalue weighted by molar-refractivity contribution is 0.417. The minimum absolute atomic E-state index is 0.205. The highest BCUT2D eigenvalue weighted by molar-refractivity contribution is 6.30. The maximum absolute atomic E-state index is 9.56. The Morgan fingerprint density at radius 3 is 2.69 bits per heavy atom. The van der Waals surface area contributed by atoms with Gasteiger partial charge in [0.2, 0.25) is 0 Å². The minimum atomic E-state index is -0.519. The van der Waals surface area contributed by atoms with Crippen LogP contribution in [0.3, 0.4) is 0 Å². The molecule has 0 spiro atoms. The molecule has 0 radical (unpaired) electrons. The average molecular weight is 200 g/mol. The summed E-state index contributed by atoms with van der Waals surface area (Å²) >= 11 is 5.81. The first-order chi connectivity index (χ1) is 5.97. The molecular formula is C10H14ClNO. The standard InChI is InChI=1S/C10H14ClNO/c1-3-10(2,12)8-6-7(11)4-5-9(8)13/h4-6,13H,3,12H2,1-2H3/t10-/m1/s1. The highest BCUT2D eigenvalue weighted by atomic mass is 35.5. The lowest BCUT2D eigenvalue weighted by atomic mass is 9.90. The van der Waals surface area contributed by atoms with Gasteiger partial charge in [-0.05, 0) is 31.5 Å². The number of halogens is 1. The van der Waals surface area contributed by atoms with Crippen molar-refractivity contribution in [2.45, 2.75) is 25.8 Å². The van der Waals surface area contributed by atoms with Gasteiger partial charge in [0.1, 0.15) is 5.75 Å². The highest BCUT2D eigenvalue weighted by Gasteiger charge is 2.22. The van der Waals surface area contributed by atoms with Gasteiger partial charge in [0.05, 0.1) is 0 Å². The lowest BCUT2D eigenvalue weighted by Gasteiger charge is -2.24. The van der Waals surface area contributed by atoms with Crippen molar-refractivity contribution < 1.29 is 5.11 Å². The predicted octanol–water partition coefficient (Wildman–Crippen LogP) is 2.63. The first-order valence-corrected chi connectivity index (χ1v) is 4.63. The number of hydrogen-bond donors (Lipinski definition) is 2. The average Bonchev–Trinajstić information content (AvgIpc) is 2.09. The molecule has 72 valence electrons. The van der Waals surface area contributed by atoms with Crippen LogP contribution in [-0.4, -0.2) is 5.11 Å². The Labute approximate surface area is 83.3 Å². The smallest absolute Gasteiger partial charge is 0.120 e. The van der Waals surface area contributed by atoms with Gasteiger partial charge >= 0.3 is 0 Å². The predicted molar refractivity (Wildman–Crippen MR) is 54.9 cm³/mol. The molecule has 3 N–H and O–H groups in total. The molecule has 1 aromatic carbocycles. The van der Waals surface area contributed by atoms with Crippen LogP contribution in [0.25, 0.3) is 0 Å². The van der Waals surface area contributed by atoms with Crippen molar-refractivity contribution in [3.8, 4) is 5.75 Å². The van der Waals surface area contributed by atoms with Crippen molar-refractivity contribution in [1.29, 1.82) is 0 Å². The van der Waals surface area contributed by atoms with Crippen LogP contribution in [0.1, 0.15) is 25.8 Å². The second-order valence-corrected chi connectivity index (χ2v) is 3.87.